The maximum Gasteiger partial charge on any atom is 0.294 e. The molecule has 3 aromatic rings. The Morgan fingerprint density at radius 1 is 0.891 bits per heavy atom. The van der Waals surface area contributed by atoms with Crippen LogP contribution < -0.4 is 10.9 Å². The number of hydrogen-bond acceptors (Lipinski definition) is 7. The Kier molecular flexibility index (Phi) is 15.2. The molecule has 2 atom stereocenters. The van der Waals surface area contributed by atoms with Crippen LogP contribution in [0.3, 0.4) is 0 Å². The van der Waals surface area contributed by atoms with Crippen molar-refractivity contribution in [2.24, 2.45) is 23.7 Å². The number of allylic oxidation sites excluding steroid dienone is 1. The standard InChI is InChI=1S/C27H36N4O4.C7H8O3S/c1-19(2)16-24(23(26(33)30-35)14-8-12-21-10-6-5-7-11-21)25(32)29-31(18-20(3)4)27(34)22-13-9-15-28-17-22;1-6-2-4-7(5-3-6)11(8,9)10/h5-13,15,17,19-20,23-24,35H,14,16,18H2,1-4H3,(H,29,32)(H,30,33);2-5H,1H3,(H,8,9,10)/t23-,24+;/m0./s1. The summed E-state index contributed by atoms with van der Waals surface area (Å²) in [6.07, 6.45) is 7.36. The second kappa shape index (κ2) is 18.5. The summed E-state index contributed by atoms with van der Waals surface area (Å²) in [4.78, 5) is 43.1. The van der Waals surface area contributed by atoms with Gasteiger partial charge in [-0.05, 0) is 61.4 Å². The van der Waals surface area contributed by atoms with Crippen LogP contribution in [-0.2, 0) is 19.7 Å². The summed E-state index contributed by atoms with van der Waals surface area (Å²) in [6, 6.07) is 18.9. The lowest BCUT2D eigenvalue weighted by atomic mass is 9.82. The van der Waals surface area contributed by atoms with E-state index in [0.29, 0.717) is 18.5 Å². The Balaban J connectivity index is 0.000000562. The van der Waals surface area contributed by atoms with Crippen molar-refractivity contribution < 1.29 is 32.6 Å². The number of hydrogen-bond donors (Lipinski definition) is 4. The molecular weight excluding hydrogens is 608 g/mol. The van der Waals surface area contributed by atoms with Gasteiger partial charge in [-0.1, -0.05) is 87.9 Å². The molecule has 0 unspecified atom stereocenters. The van der Waals surface area contributed by atoms with Crippen molar-refractivity contribution in [2.45, 2.75) is 52.4 Å². The molecule has 0 fully saturated rings. The fraction of sp³-hybridized carbons (Fsp3) is 0.353. The number of nitrogens with zero attached hydrogens (tertiary/aromatic N) is 2. The first-order valence-corrected chi connectivity index (χ1v) is 16.4. The molecule has 0 aliphatic heterocycles. The van der Waals surface area contributed by atoms with Gasteiger partial charge in [-0.3, -0.25) is 34.6 Å². The van der Waals surface area contributed by atoms with Gasteiger partial charge in [0.1, 0.15) is 0 Å². The highest BCUT2D eigenvalue weighted by Crippen LogP contribution is 2.26. The molecule has 248 valence electrons. The van der Waals surface area contributed by atoms with Crippen LogP contribution >= 0.6 is 0 Å². The summed E-state index contributed by atoms with van der Waals surface area (Å²) >= 11 is 0. The number of pyridine rings is 1. The van der Waals surface area contributed by atoms with E-state index in [2.05, 4.69) is 10.4 Å². The molecule has 12 heteroatoms. The van der Waals surface area contributed by atoms with Crippen molar-refractivity contribution in [1.29, 1.82) is 0 Å². The third-order valence-electron chi connectivity index (χ3n) is 6.76. The highest BCUT2D eigenvalue weighted by Gasteiger charge is 2.35. The first-order valence-electron chi connectivity index (χ1n) is 14.9. The van der Waals surface area contributed by atoms with Crippen LogP contribution in [0.1, 0.15) is 62.0 Å². The largest absolute Gasteiger partial charge is 0.294 e. The summed E-state index contributed by atoms with van der Waals surface area (Å²) in [5.41, 5.74) is 6.74. The van der Waals surface area contributed by atoms with Gasteiger partial charge >= 0.3 is 0 Å². The molecule has 1 heterocycles. The molecule has 4 N–H and O–H groups in total. The number of benzene rings is 2. The van der Waals surface area contributed by atoms with Crippen molar-refractivity contribution >= 4 is 33.9 Å². The van der Waals surface area contributed by atoms with Crippen LogP contribution in [0, 0.1) is 30.6 Å². The molecule has 1 aromatic heterocycles. The van der Waals surface area contributed by atoms with E-state index in [0.717, 1.165) is 11.1 Å². The minimum atomic E-state index is -4.02. The quantitative estimate of drug-likeness (QED) is 0.116. The normalized spacial score (nSPS) is 12.6. The van der Waals surface area contributed by atoms with E-state index < -0.39 is 33.8 Å². The van der Waals surface area contributed by atoms with E-state index >= 15 is 0 Å². The first kappa shape index (κ1) is 37.8. The number of aryl methyl sites for hydroxylation is 1. The van der Waals surface area contributed by atoms with Gasteiger partial charge < -0.3 is 0 Å². The Morgan fingerprint density at radius 2 is 1.54 bits per heavy atom. The van der Waals surface area contributed by atoms with E-state index in [1.807, 2.05) is 77.1 Å². The lowest BCUT2D eigenvalue weighted by Gasteiger charge is -2.30. The summed E-state index contributed by atoms with van der Waals surface area (Å²) < 4.78 is 29.6. The van der Waals surface area contributed by atoms with Crippen LogP contribution in [0.15, 0.2) is 90.1 Å². The van der Waals surface area contributed by atoms with Crippen molar-refractivity contribution in [3.05, 3.63) is 102 Å². The van der Waals surface area contributed by atoms with Crippen molar-refractivity contribution in [3.8, 4) is 0 Å². The van der Waals surface area contributed by atoms with Gasteiger partial charge in [0, 0.05) is 18.9 Å². The predicted molar refractivity (Wildman–Crippen MR) is 176 cm³/mol. The van der Waals surface area contributed by atoms with Gasteiger partial charge in [-0.2, -0.15) is 8.42 Å². The smallest absolute Gasteiger partial charge is 0.289 e. The maximum absolute atomic E-state index is 13.5. The molecular formula is C34H44N4O7S. The molecule has 0 spiro atoms. The number of amides is 3. The fourth-order valence-corrected chi connectivity index (χ4v) is 5.01. The predicted octanol–water partition coefficient (Wildman–Crippen LogP) is 5.34. The number of rotatable bonds is 12. The zero-order valence-electron chi connectivity index (χ0n) is 26.8. The molecule has 46 heavy (non-hydrogen) atoms. The minimum absolute atomic E-state index is 0.0666. The Bertz CT molecular complexity index is 1530. The second-order valence-electron chi connectivity index (χ2n) is 11.7. The van der Waals surface area contributed by atoms with Crippen LogP contribution in [-0.4, -0.2) is 52.4 Å². The SMILES string of the molecule is CC(C)C[C@@H](C(=O)NN(CC(C)C)C(=O)c1cccnc1)[C@H](CC=Cc1ccccc1)C(=O)NO.Cc1ccc(S(=O)(=O)O)cc1. The number of hydrazine groups is 1. The third-order valence-corrected chi connectivity index (χ3v) is 7.63. The average Bonchev–Trinajstić information content (AvgIpc) is 3.02. The number of aromatic nitrogens is 1. The second-order valence-corrected chi connectivity index (χ2v) is 13.1. The summed E-state index contributed by atoms with van der Waals surface area (Å²) in [5.74, 6) is -2.86. The van der Waals surface area contributed by atoms with Crippen LogP contribution in [0.4, 0.5) is 0 Å². The molecule has 3 amide bonds. The van der Waals surface area contributed by atoms with Gasteiger partial charge in [0.25, 0.3) is 16.0 Å². The molecule has 0 aliphatic rings. The van der Waals surface area contributed by atoms with Crippen LogP contribution in [0.2, 0.25) is 0 Å². The fourth-order valence-electron chi connectivity index (χ4n) is 4.53. The molecule has 2 aromatic carbocycles. The molecule has 0 saturated heterocycles. The molecule has 11 nitrogen and oxygen atoms in total. The number of hydroxylamine groups is 1. The van der Waals surface area contributed by atoms with E-state index in [9.17, 15) is 28.0 Å². The van der Waals surface area contributed by atoms with E-state index in [1.54, 1.807) is 35.9 Å². The lowest BCUT2D eigenvalue weighted by Crippen LogP contribution is -2.52. The van der Waals surface area contributed by atoms with Gasteiger partial charge in [0.05, 0.1) is 22.3 Å². The van der Waals surface area contributed by atoms with Crippen LogP contribution in [0.25, 0.3) is 6.08 Å². The summed E-state index contributed by atoms with van der Waals surface area (Å²) in [7, 11) is -4.02. The molecule has 3 rings (SSSR count). The highest BCUT2D eigenvalue weighted by molar-refractivity contribution is 7.85. The van der Waals surface area contributed by atoms with Gasteiger partial charge in [0.2, 0.25) is 11.8 Å². The van der Waals surface area contributed by atoms with Crippen molar-refractivity contribution in [1.82, 2.24) is 20.9 Å². The summed E-state index contributed by atoms with van der Waals surface area (Å²) in [5, 5.41) is 10.7. The Hall–Kier alpha value is -4.39. The monoisotopic (exact) mass is 652 g/mol. The van der Waals surface area contributed by atoms with Crippen molar-refractivity contribution in [2.75, 3.05) is 6.54 Å². The topological polar surface area (TPSA) is 166 Å². The molecule has 0 radical (unpaired) electrons. The number of nitrogens with one attached hydrogen (secondary N) is 2. The zero-order chi connectivity index (χ0) is 34.3. The van der Waals surface area contributed by atoms with Gasteiger partial charge in [-0.25, -0.2) is 10.5 Å². The van der Waals surface area contributed by atoms with Crippen LogP contribution in [0.5, 0.6) is 0 Å². The lowest BCUT2D eigenvalue weighted by molar-refractivity contribution is -0.142. The Labute approximate surface area is 271 Å². The van der Waals surface area contributed by atoms with E-state index in [1.165, 1.54) is 23.3 Å². The van der Waals surface area contributed by atoms with Gasteiger partial charge in [-0.15, -0.1) is 0 Å². The highest BCUT2D eigenvalue weighted by atomic mass is 32.2. The van der Waals surface area contributed by atoms with E-state index in [4.69, 9.17) is 4.55 Å². The average molecular weight is 653 g/mol. The minimum Gasteiger partial charge on any atom is -0.289 e. The zero-order valence-corrected chi connectivity index (χ0v) is 27.6. The maximum atomic E-state index is 13.5. The molecule has 0 aliphatic carbocycles. The Morgan fingerprint density at radius 3 is 2.07 bits per heavy atom. The first-order chi connectivity index (χ1) is 21.7. The van der Waals surface area contributed by atoms with Crippen molar-refractivity contribution in [3.63, 3.8) is 0 Å². The molecule has 0 bridgehead atoms. The summed E-state index contributed by atoms with van der Waals surface area (Å²) in [6.45, 7) is 9.93. The third kappa shape index (κ3) is 12.9. The molecule has 0 saturated carbocycles. The number of carbonyl (C=O) groups excluding carboxylic acids is 3. The van der Waals surface area contributed by atoms with E-state index in [-0.39, 0.29) is 29.1 Å². The van der Waals surface area contributed by atoms with Gasteiger partial charge in [0.15, 0.2) is 0 Å². The number of carbonyl (C=O) groups is 3.